The molecule has 0 spiro atoms. The van der Waals surface area contributed by atoms with Gasteiger partial charge >= 0.3 is 0 Å². The average molecular weight is 242 g/mol. The molecule has 4 N–H and O–H groups in total. The SMILES string of the molecule is CC(C)(CO)CNC(=O)C1CCCCC1CN. The monoisotopic (exact) mass is 242 g/mol. The summed E-state index contributed by atoms with van der Waals surface area (Å²) in [5.41, 5.74) is 5.47. The summed E-state index contributed by atoms with van der Waals surface area (Å²) in [5, 5.41) is 12.1. The quantitative estimate of drug-likeness (QED) is 0.670. The van der Waals surface area contributed by atoms with Crippen LogP contribution in [0.3, 0.4) is 0 Å². The van der Waals surface area contributed by atoms with Crippen molar-refractivity contribution in [3.05, 3.63) is 0 Å². The van der Waals surface area contributed by atoms with Gasteiger partial charge in [-0.1, -0.05) is 26.7 Å². The summed E-state index contributed by atoms with van der Waals surface area (Å²) < 4.78 is 0. The van der Waals surface area contributed by atoms with Crippen LogP contribution in [0.4, 0.5) is 0 Å². The maximum absolute atomic E-state index is 12.1. The van der Waals surface area contributed by atoms with Crippen LogP contribution >= 0.6 is 0 Å². The van der Waals surface area contributed by atoms with E-state index in [2.05, 4.69) is 5.32 Å². The number of rotatable bonds is 5. The van der Waals surface area contributed by atoms with Gasteiger partial charge < -0.3 is 16.2 Å². The number of carbonyl (C=O) groups excluding carboxylic acids is 1. The highest BCUT2D eigenvalue weighted by Crippen LogP contribution is 2.29. The molecule has 1 aliphatic rings. The Labute approximate surface area is 104 Å². The fraction of sp³-hybridized carbons (Fsp3) is 0.923. The lowest BCUT2D eigenvalue weighted by Crippen LogP contribution is -2.43. The van der Waals surface area contributed by atoms with Gasteiger partial charge in [-0.2, -0.15) is 0 Å². The molecule has 0 bridgehead atoms. The van der Waals surface area contributed by atoms with Gasteiger partial charge in [0.05, 0.1) is 0 Å². The number of nitrogens with one attached hydrogen (secondary N) is 1. The Kier molecular flexibility index (Phi) is 5.40. The van der Waals surface area contributed by atoms with E-state index in [9.17, 15) is 4.79 Å². The summed E-state index contributed by atoms with van der Waals surface area (Å²) in [6, 6.07) is 0. The molecule has 1 fully saturated rings. The Balaban J connectivity index is 2.45. The number of aliphatic hydroxyl groups excluding tert-OH is 1. The standard InChI is InChI=1S/C13H26N2O2/c1-13(2,9-16)8-15-12(17)11-6-4-3-5-10(11)7-14/h10-11,16H,3-9,14H2,1-2H3,(H,15,17). The third kappa shape index (κ3) is 4.28. The smallest absolute Gasteiger partial charge is 0.223 e. The minimum absolute atomic E-state index is 0.0724. The molecule has 0 aromatic heterocycles. The van der Waals surface area contributed by atoms with Crippen LogP contribution in [0.15, 0.2) is 0 Å². The predicted molar refractivity (Wildman–Crippen MR) is 68.4 cm³/mol. The molecule has 0 aliphatic heterocycles. The molecule has 1 aliphatic carbocycles. The summed E-state index contributed by atoms with van der Waals surface area (Å²) in [6.07, 6.45) is 4.33. The Morgan fingerprint density at radius 2 is 2.06 bits per heavy atom. The van der Waals surface area contributed by atoms with E-state index in [1.807, 2.05) is 13.8 Å². The molecule has 100 valence electrons. The first-order chi connectivity index (χ1) is 8.00. The van der Waals surface area contributed by atoms with Crippen molar-refractivity contribution < 1.29 is 9.90 Å². The molecule has 2 unspecified atom stereocenters. The van der Waals surface area contributed by atoms with Crippen LogP contribution in [0.5, 0.6) is 0 Å². The summed E-state index contributed by atoms with van der Waals surface area (Å²) in [5.74, 6) is 0.519. The first kappa shape index (κ1) is 14.5. The van der Waals surface area contributed by atoms with Gasteiger partial charge in [0.1, 0.15) is 0 Å². The number of amides is 1. The van der Waals surface area contributed by atoms with E-state index < -0.39 is 0 Å². The number of hydrogen-bond acceptors (Lipinski definition) is 3. The molecule has 1 rings (SSSR count). The van der Waals surface area contributed by atoms with Crippen LogP contribution < -0.4 is 11.1 Å². The molecule has 4 heteroatoms. The lowest BCUT2D eigenvalue weighted by molar-refractivity contribution is -0.128. The van der Waals surface area contributed by atoms with E-state index in [0.717, 1.165) is 19.3 Å². The fourth-order valence-corrected chi connectivity index (χ4v) is 2.35. The van der Waals surface area contributed by atoms with Gasteiger partial charge in [-0.3, -0.25) is 4.79 Å². The van der Waals surface area contributed by atoms with Crippen molar-refractivity contribution in [2.24, 2.45) is 23.0 Å². The molecule has 1 saturated carbocycles. The van der Waals surface area contributed by atoms with Crippen LogP contribution in [-0.4, -0.2) is 30.7 Å². The zero-order chi connectivity index (χ0) is 12.9. The minimum Gasteiger partial charge on any atom is -0.396 e. The fourth-order valence-electron chi connectivity index (χ4n) is 2.35. The third-order valence-electron chi connectivity index (χ3n) is 3.72. The predicted octanol–water partition coefficient (Wildman–Crippen LogP) is 0.886. The highest BCUT2D eigenvalue weighted by Gasteiger charge is 2.30. The molecule has 1 amide bonds. The molecule has 0 aromatic rings. The highest BCUT2D eigenvalue weighted by atomic mass is 16.3. The normalized spacial score (nSPS) is 25.6. The lowest BCUT2D eigenvalue weighted by atomic mass is 9.78. The first-order valence-corrected chi connectivity index (χ1v) is 6.59. The zero-order valence-electron chi connectivity index (χ0n) is 11.0. The van der Waals surface area contributed by atoms with Crippen molar-refractivity contribution in [2.45, 2.75) is 39.5 Å². The van der Waals surface area contributed by atoms with Gasteiger partial charge in [-0.15, -0.1) is 0 Å². The molecule has 0 radical (unpaired) electrons. The second-order valence-corrected chi connectivity index (χ2v) is 5.93. The number of carbonyl (C=O) groups is 1. The van der Waals surface area contributed by atoms with Crippen LogP contribution in [0.25, 0.3) is 0 Å². The molecule has 0 saturated heterocycles. The topological polar surface area (TPSA) is 75.3 Å². The molecule has 2 atom stereocenters. The van der Waals surface area contributed by atoms with E-state index in [0.29, 0.717) is 19.0 Å². The minimum atomic E-state index is -0.247. The van der Waals surface area contributed by atoms with Gasteiger partial charge in [0.15, 0.2) is 0 Å². The molecule has 0 heterocycles. The molecule has 0 aromatic carbocycles. The maximum Gasteiger partial charge on any atom is 0.223 e. The summed E-state index contributed by atoms with van der Waals surface area (Å²) >= 11 is 0. The Bertz CT molecular complexity index is 254. The molecular weight excluding hydrogens is 216 g/mol. The Morgan fingerprint density at radius 3 is 2.65 bits per heavy atom. The summed E-state index contributed by atoms with van der Waals surface area (Å²) in [4.78, 5) is 12.1. The second-order valence-electron chi connectivity index (χ2n) is 5.93. The second kappa shape index (κ2) is 6.36. The van der Waals surface area contributed by atoms with E-state index >= 15 is 0 Å². The van der Waals surface area contributed by atoms with Gasteiger partial charge in [0.25, 0.3) is 0 Å². The van der Waals surface area contributed by atoms with E-state index in [-0.39, 0.29) is 23.8 Å². The number of nitrogens with two attached hydrogens (primary N) is 1. The van der Waals surface area contributed by atoms with Crippen molar-refractivity contribution in [2.75, 3.05) is 19.7 Å². The van der Waals surface area contributed by atoms with Crippen molar-refractivity contribution in [3.63, 3.8) is 0 Å². The van der Waals surface area contributed by atoms with Crippen LogP contribution in [0.2, 0.25) is 0 Å². The van der Waals surface area contributed by atoms with Crippen molar-refractivity contribution >= 4 is 5.91 Å². The van der Waals surface area contributed by atoms with Crippen LogP contribution in [0, 0.1) is 17.3 Å². The van der Waals surface area contributed by atoms with Crippen LogP contribution in [-0.2, 0) is 4.79 Å². The summed E-state index contributed by atoms with van der Waals surface area (Å²) in [7, 11) is 0. The van der Waals surface area contributed by atoms with E-state index in [1.165, 1.54) is 6.42 Å². The molecule has 4 nitrogen and oxygen atoms in total. The van der Waals surface area contributed by atoms with Gasteiger partial charge in [-0.25, -0.2) is 0 Å². The van der Waals surface area contributed by atoms with Crippen LogP contribution in [0.1, 0.15) is 39.5 Å². The van der Waals surface area contributed by atoms with Gasteiger partial charge in [0, 0.05) is 24.5 Å². The molecule has 17 heavy (non-hydrogen) atoms. The average Bonchev–Trinajstić information content (AvgIpc) is 2.36. The van der Waals surface area contributed by atoms with E-state index in [1.54, 1.807) is 0 Å². The molecular formula is C13H26N2O2. The summed E-state index contributed by atoms with van der Waals surface area (Å²) in [6.45, 7) is 5.08. The number of hydrogen-bond donors (Lipinski definition) is 3. The van der Waals surface area contributed by atoms with Crippen molar-refractivity contribution in [1.29, 1.82) is 0 Å². The highest BCUT2D eigenvalue weighted by molar-refractivity contribution is 5.79. The number of aliphatic hydroxyl groups is 1. The van der Waals surface area contributed by atoms with Crippen molar-refractivity contribution in [3.8, 4) is 0 Å². The lowest BCUT2D eigenvalue weighted by Gasteiger charge is -2.31. The zero-order valence-corrected chi connectivity index (χ0v) is 11.0. The van der Waals surface area contributed by atoms with E-state index in [4.69, 9.17) is 10.8 Å². The largest absolute Gasteiger partial charge is 0.396 e. The Hall–Kier alpha value is -0.610. The first-order valence-electron chi connectivity index (χ1n) is 6.59. The third-order valence-corrected chi connectivity index (χ3v) is 3.72. The Morgan fingerprint density at radius 1 is 1.41 bits per heavy atom. The van der Waals surface area contributed by atoms with Crippen molar-refractivity contribution in [1.82, 2.24) is 5.32 Å². The maximum atomic E-state index is 12.1. The van der Waals surface area contributed by atoms with Gasteiger partial charge in [-0.05, 0) is 25.3 Å². The van der Waals surface area contributed by atoms with Gasteiger partial charge in [0.2, 0.25) is 5.91 Å².